The molecule has 2 aliphatic rings. The summed E-state index contributed by atoms with van der Waals surface area (Å²) in [6.45, 7) is 6.75. The molecule has 2 amide bonds. The molecule has 142 valence electrons. The van der Waals surface area contributed by atoms with Crippen molar-refractivity contribution in [1.29, 1.82) is 0 Å². The zero-order valence-corrected chi connectivity index (χ0v) is 16.1. The highest BCUT2D eigenvalue weighted by Crippen LogP contribution is 2.24. The minimum atomic E-state index is -0.425. The third kappa shape index (κ3) is 4.30. The predicted octanol–water partition coefficient (Wildman–Crippen LogP) is 0.220. The van der Waals surface area contributed by atoms with Crippen LogP contribution in [0.1, 0.15) is 24.8 Å². The number of piperidine rings is 1. The van der Waals surface area contributed by atoms with Gasteiger partial charge in [-0.25, -0.2) is 0 Å². The summed E-state index contributed by atoms with van der Waals surface area (Å²) < 4.78 is 0. The third-order valence-electron chi connectivity index (χ3n) is 5.54. The second-order valence-corrected chi connectivity index (χ2v) is 7.78. The van der Waals surface area contributed by atoms with E-state index in [4.69, 9.17) is 17.3 Å². The van der Waals surface area contributed by atoms with E-state index in [1.54, 1.807) is 4.90 Å². The molecule has 0 unspecified atom stereocenters. The molecule has 3 N–H and O–H groups in total. The minimum absolute atomic E-state index is 0.0517. The van der Waals surface area contributed by atoms with Crippen molar-refractivity contribution in [3.8, 4) is 0 Å². The Morgan fingerprint density at radius 3 is 2.65 bits per heavy atom. The number of likely N-dealkylation sites (tertiary alicyclic amines) is 1. The Labute approximate surface area is 159 Å². The van der Waals surface area contributed by atoms with E-state index in [9.17, 15) is 9.59 Å². The summed E-state index contributed by atoms with van der Waals surface area (Å²) in [7, 11) is 0. The van der Waals surface area contributed by atoms with E-state index in [1.165, 1.54) is 16.2 Å². The van der Waals surface area contributed by atoms with E-state index in [1.807, 2.05) is 18.2 Å². The Balaban J connectivity index is 1.56. The molecule has 0 spiro atoms. The number of hydrogen-bond acceptors (Lipinski definition) is 3. The zero-order valence-electron chi connectivity index (χ0n) is 15.3. The van der Waals surface area contributed by atoms with Crippen LogP contribution in [0, 0.1) is 6.92 Å². The summed E-state index contributed by atoms with van der Waals surface area (Å²) in [6, 6.07) is 5.54. The van der Waals surface area contributed by atoms with Crippen LogP contribution in [0.3, 0.4) is 0 Å². The van der Waals surface area contributed by atoms with E-state index in [0.29, 0.717) is 19.5 Å². The molecule has 26 heavy (non-hydrogen) atoms. The van der Waals surface area contributed by atoms with Crippen molar-refractivity contribution in [2.45, 2.75) is 32.2 Å². The number of primary amides is 1. The van der Waals surface area contributed by atoms with Crippen molar-refractivity contribution >= 4 is 29.1 Å². The smallest absolute Gasteiger partial charge is 0.278 e. The van der Waals surface area contributed by atoms with Crippen LogP contribution in [-0.4, -0.2) is 62.0 Å². The Morgan fingerprint density at radius 2 is 1.96 bits per heavy atom. The average Bonchev–Trinajstić information content (AvgIpc) is 2.64. The second-order valence-electron chi connectivity index (χ2n) is 7.35. The van der Waals surface area contributed by atoms with Gasteiger partial charge in [-0.1, -0.05) is 17.7 Å². The van der Waals surface area contributed by atoms with Crippen molar-refractivity contribution < 1.29 is 14.5 Å². The Bertz CT molecular complexity index is 674. The molecule has 0 aromatic heterocycles. The van der Waals surface area contributed by atoms with Gasteiger partial charge in [-0.2, -0.15) is 0 Å². The number of nitrogens with zero attached hydrogens (tertiary/aromatic N) is 2. The molecule has 0 bridgehead atoms. The maximum Gasteiger partial charge on any atom is 0.278 e. The molecule has 1 atom stereocenters. The normalized spacial score (nSPS) is 21.7. The Morgan fingerprint density at radius 1 is 1.23 bits per heavy atom. The standard InChI is InChI=1S/C19H27ClN4O2/c1-14-5-6-15(20)12-17(14)23-10-8-22(9-11-23)13-18(25)24-7-3-2-4-16(24)19(21)26/h5-6,12,16H,2-4,7-11,13H2,1H3,(H2,21,26)/p+1/t16-/m1/s1. The molecule has 7 heteroatoms. The highest BCUT2D eigenvalue weighted by molar-refractivity contribution is 6.30. The van der Waals surface area contributed by atoms with E-state index in [-0.39, 0.29) is 11.8 Å². The monoisotopic (exact) mass is 379 g/mol. The molecule has 2 fully saturated rings. The fourth-order valence-electron chi connectivity index (χ4n) is 4.01. The van der Waals surface area contributed by atoms with Gasteiger partial charge in [-0.3, -0.25) is 9.59 Å². The molecular weight excluding hydrogens is 352 g/mol. The maximum atomic E-state index is 12.7. The summed E-state index contributed by atoms with van der Waals surface area (Å²) in [4.78, 5) is 29.6. The van der Waals surface area contributed by atoms with Gasteiger partial charge in [0.1, 0.15) is 6.04 Å². The topological polar surface area (TPSA) is 71.1 Å². The molecule has 0 radical (unpaired) electrons. The van der Waals surface area contributed by atoms with E-state index in [0.717, 1.165) is 44.0 Å². The van der Waals surface area contributed by atoms with E-state index in [2.05, 4.69) is 11.8 Å². The lowest BCUT2D eigenvalue weighted by molar-refractivity contribution is -0.892. The fraction of sp³-hybridized carbons (Fsp3) is 0.579. The first-order valence-corrected chi connectivity index (χ1v) is 9.77. The van der Waals surface area contributed by atoms with Crippen LogP contribution in [0.2, 0.25) is 5.02 Å². The first kappa shape index (κ1) is 19.0. The summed E-state index contributed by atoms with van der Waals surface area (Å²) in [5.41, 5.74) is 7.87. The zero-order chi connectivity index (χ0) is 18.7. The van der Waals surface area contributed by atoms with Gasteiger partial charge < -0.3 is 20.4 Å². The predicted molar refractivity (Wildman–Crippen MR) is 103 cm³/mol. The summed E-state index contributed by atoms with van der Waals surface area (Å²) in [6.07, 6.45) is 2.60. The van der Waals surface area contributed by atoms with E-state index < -0.39 is 6.04 Å². The largest absolute Gasteiger partial charge is 0.368 e. The molecule has 2 heterocycles. The Hall–Kier alpha value is -1.79. The van der Waals surface area contributed by atoms with Gasteiger partial charge in [-0.15, -0.1) is 0 Å². The highest BCUT2D eigenvalue weighted by atomic mass is 35.5. The first-order chi connectivity index (χ1) is 12.5. The maximum absolute atomic E-state index is 12.7. The number of carbonyl (C=O) groups excluding carboxylic acids is 2. The van der Waals surface area contributed by atoms with Gasteiger partial charge in [0.05, 0.1) is 26.2 Å². The number of piperazine rings is 1. The fourth-order valence-corrected chi connectivity index (χ4v) is 4.17. The lowest BCUT2D eigenvalue weighted by Crippen LogP contribution is -3.16. The molecule has 1 aromatic carbocycles. The number of nitrogens with one attached hydrogen (secondary N) is 1. The molecule has 1 aromatic rings. The lowest BCUT2D eigenvalue weighted by atomic mass is 10.0. The van der Waals surface area contributed by atoms with Crippen LogP contribution in [0.5, 0.6) is 0 Å². The number of rotatable bonds is 4. The number of nitrogens with two attached hydrogens (primary N) is 1. The van der Waals surface area contributed by atoms with E-state index >= 15 is 0 Å². The molecule has 3 rings (SSSR count). The minimum Gasteiger partial charge on any atom is -0.368 e. The molecule has 0 saturated carbocycles. The van der Waals surface area contributed by atoms with Crippen molar-refractivity contribution in [2.24, 2.45) is 5.73 Å². The summed E-state index contributed by atoms with van der Waals surface area (Å²) in [5.74, 6) is -0.329. The van der Waals surface area contributed by atoms with Gasteiger partial charge >= 0.3 is 0 Å². The van der Waals surface area contributed by atoms with Crippen LogP contribution in [-0.2, 0) is 9.59 Å². The van der Waals surface area contributed by atoms with Crippen molar-refractivity contribution in [2.75, 3.05) is 44.2 Å². The third-order valence-corrected chi connectivity index (χ3v) is 5.77. The van der Waals surface area contributed by atoms with Crippen LogP contribution >= 0.6 is 11.6 Å². The summed E-state index contributed by atoms with van der Waals surface area (Å²) >= 11 is 6.14. The van der Waals surface area contributed by atoms with Crippen LogP contribution in [0.4, 0.5) is 5.69 Å². The van der Waals surface area contributed by atoms with Crippen molar-refractivity contribution in [3.05, 3.63) is 28.8 Å². The van der Waals surface area contributed by atoms with Gasteiger partial charge in [0, 0.05) is 17.3 Å². The number of benzene rings is 1. The number of halogens is 1. The average molecular weight is 380 g/mol. The Kier molecular flexibility index (Phi) is 6.04. The number of quaternary nitrogens is 1. The van der Waals surface area contributed by atoms with Crippen LogP contribution in [0.25, 0.3) is 0 Å². The van der Waals surface area contributed by atoms with Crippen LogP contribution < -0.4 is 15.5 Å². The highest BCUT2D eigenvalue weighted by Gasteiger charge is 2.33. The molecule has 2 saturated heterocycles. The van der Waals surface area contributed by atoms with Gasteiger partial charge in [0.25, 0.3) is 5.91 Å². The first-order valence-electron chi connectivity index (χ1n) is 9.39. The van der Waals surface area contributed by atoms with Crippen molar-refractivity contribution in [3.63, 3.8) is 0 Å². The molecule has 0 aliphatic carbocycles. The molecular formula is C19H28ClN4O2+. The number of amides is 2. The quantitative estimate of drug-likeness (QED) is 0.786. The van der Waals surface area contributed by atoms with Gasteiger partial charge in [0.2, 0.25) is 5.91 Å². The van der Waals surface area contributed by atoms with Gasteiger partial charge in [0.15, 0.2) is 6.54 Å². The summed E-state index contributed by atoms with van der Waals surface area (Å²) in [5, 5.41) is 0.748. The van der Waals surface area contributed by atoms with Crippen molar-refractivity contribution in [1.82, 2.24) is 4.90 Å². The molecule has 6 nitrogen and oxygen atoms in total. The number of hydrogen-bond donors (Lipinski definition) is 2. The SMILES string of the molecule is Cc1ccc(Cl)cc1N1CC[NH+](CC(=O)N2CCCC[C@@H]2C(N)=O)CC1. The second kappa shape index (κ2) is 8.27. The lowest BCUT2D eigenvalue weighted by Gasteiger charge is -2.37. The van der Waals surface area contributed by atoms with Crippen LogP contribution in [0.15, 0.2) is 18.2 Å². The number of aryl methyl sites for hydroxylation is 1. The van der Waals surface area contributed by atoms with Gasteiger partial charge in [-0.05, 0) is 43.9 Å². The number of anilines is 1. The number of carbonyl (C=O) groups is 2. The molecule has 2 aliphatic heterocycles.